The lowest BCUT2D eigenvalue weighted by molar-refractivity contribution is 0.0898. The van der Waals surface area contributed by atoms with Crippen molar-refractivity contribution < 1.29 is 14.3 Å². The van der Waals surface area contributed by atoms with Crippen LogP contribution in [-0.4, -0.2) is 23.8 Å². The maximum absolute atomic E-state index is 12.3. The monoisotopic (exact) mass is 327 g/mol. The fourth-order valence-corrected chi connectivity index (χ4v) is 2.53. The molecule has 0 unspecified atom stereocenters. The molecule has 1 amide bonds. The molecule has 1 aromatic carbocycles. The van der Waals surface area contributed by atoms with Crippen molar-refractivity contribution in [1.82, 2.24) is 5.32 Å². The van der Waals surface area contributed by atoms with Crippen molar-refractivity contribution in [3.05, 3.63) is 52.2 Å². The van der Waals surface area contributed by atoms with Crippen molar-refractivity contribution in [2.45, 2.75) is 19.4 Å². The fourth-order valence-electron chi connectivity index (χ4n) is 1.80. The summed E-state index contributed by atoms with van der Waals surface area (Å²) in [4.78, 5) is 24.7. The first-order valence-corrected chi connectivity index (χ1v) is 7.90. The van der Waals surface area contributed by atoms with Gasteiger partial charge in [-0.05, 0) is 25.3 Å². The Balaban J connectivity index is 2.03. The Morgan fingerprint density at radius 2 is 1.96 bits per heavy atom. The fraction of sp³-hybridized carbons (Fsp3) is 0.222. The molecule has 0 saturated heterocycles. The summed E-state index contributed by atoms with van der Waals surface area (Å²) in [6.07, 6.45) is 5.37. The number of ether oxygens (including phenoxy) is 1. The summed E-state index contributed by atoms with van der Waals surface area (Å²) in [6.45, 7) is 3.34. The van der Waals surface area contributed by atoms with Gasteiger partial charge >= 0.3 is 0 Å². The van der Waals surface area contributed by atoms with E-state index >= 15 is 0 Å². The molecule has 5 heteroatoms. The normalized spacial score (nSPS) is 10.7. The molecule has 0 atom stereocenters. The molecule has 0 bridgehead atoms. The van der Waals surface area contributed by atoms with E-state index in [1.807, 2.05) is 6.07 Å². The molecule has 118 valence electrons. The van der Waals surface area contributed by atoms with Gasteiger partial charge in [0.05, 0.1) is 5.54 Å². The second-order valence-electron chi connectivity index (χ2n) is 5.42. The third-order valence-electron chi connectivity index (χ3n) is 3.08. The Morgan fingerprint density at radius 3 is 2.61 bits per heavy atom. The molecule has 0 saturated carbocycles. The summed E-state index contributed by atoms with van der Waals surface area (Å²) in [6, 6.07) is 10.5. The molecule has 1 heterocycles. The van der Waals surface area contributed by atoms with Crippen molar-refractivity contribution in [1.29, 1.82) is 0 Å². The molecule has 0 aliphatic rings. The highest BCUT2D eigenvalue weighted by Gasteiger charge is 2.22. The van der Waals surface area contributed by atoms with Crippen LogP contribution in [0.2, 0.25) is 0 Å². The van der Waals surface area contributed by atoms with Gasteiger partial charge in [-0.2, -0.15) is 0 Å². The first-order chi connectivity index (χ1) is 10.9. The number of nitrogens with one attached hydrogen (secondary N) is 1. The zero-order chi connectivity index (χ0) is 16.9. The second-order valence-corrected chi connectivity index (χ2v) is 6.33. The summed E-state index contributed by atoms with van der Waals surface area (Å²) in [7, 11) is 0. The van der Waals surface area contributed by atoms with Crippen LogP contribution in [-0.2, 0) is 0 Å². The van der Waals surface area contributed by atoms with Crippen molar-refractivity contribution in [3.63, 3.8) is 0 Å². The number of thiophene rings is 1. The minimum Gasteiger partial charge on any atom is -0.484 e. The van der Waals surface area contributed by atoms with Crippen LogP contribution in [0.1, 0.15) is 33.9 Å². The van der Waals surface area contributed by atoms with Crippen LogP contribution in [0.25, 0.3) is 0 Å². The van der Waals surface area contributed by atoms with Gasteiger partial charge in [-0.1, -0.05) is 36.3 Å². The van der Waals surface area contributed by atoms with Crippen LogP contribution in [0.4, 0.5) is 0 Å². The van der Waals surface area contributed by atoms with E-state index in [0.717, 1.165) is 0 Å². The van der Waals surface area contributed by atoms with Crippen molar-refractivity contribution in [3.8, 4) is 18.1 Å². The van der Waals surface area contributed by atoms with E-state index in [1.165, 1.54) is 11.3 Å². The van der Waals surface area contributed by atoms with Gasteiger partial charge in [0.25, 0.3) is 5.91 Å². The Morgan fingerprint density at radius 1 is 1.26 bits per heavy atom. The van der Waals surface area contributed by atoms with Gasteiger partial charge in [0.1, 0.15) is 10.6 Å². The number of amides is 1. The predicted octanol–water partition coefficient (Wildman–Crippen LogP) is 3.15. The van der Waals surface area contributed by atoms with Gasteiger partial charge in [0, 0.05) is 5.56 Å². The Hall–Kier alpha value is -2.58. The maximum atomic E-state index is 12.3. The third kappa shape index (κ3) is 4.44. The van der Waals surface area contributed by atoms with Gasteiger partial charge in [-0.3, -0.25) is 9.59 Å². The first kappa shape index (κ1) is 16.8. The van der Waals surface area contributed by atoms with Gasteiger partial charge in [0.2, 0.25) is 0 Å². The highest BCUT2D eigenvalue weighted by atomic mass is 32.1. The Labute approximate surface area is 139 Å². The highest BCUT2D eigenvalue weighted by molar-refractivity contribution is 7.12. The van der Waals surface area contributed by atoms with Crippen LogP contribution in [0.3, 0.4) is 0 Å². The summed E-state index contributed by atoms with van der Waals surface area (Å²) in [5.74, 6) is 2.42. The molecule has 23 heavy (non-hydrogen) atoms. The van der Waals surface area contributed by atoms with Crippen molar-refractivity contribution >= 4 is 23.0 Å². The van der Waals surface area contributed by atoms with Crippen LogP contribution in [0.15, 0.2) is 41.8 Å². The smallest absolute Gasteiger partial charge is 0.266 e. The third-order valence-corrected chi connectivity index (χ3v) is 3.97. The van der Waals surface area contributed by atoms with E-state index < -0.39 is 5.54 Å². The van der Waals surface area contributed by atoms with E-state index in [2.05, 4.69) is 11.2 Å². The SMILES string of the molecule is C#CC(C)(C)NC(=O)c1sccc1OCC(=O)c1ccccc1. The molecule has 0 aliphatic carbocycles. The molecule has 0 radical (unpaired) electrons. The number of Topliss-reactive ketones (excluding diaryl/α,β-unsaturated/α-hetero) is 1. The molecule has 1 aromatic heterocycles. The molecular weight excluding hydrogens is 310 g/mol. The average molecular weight is 327 g/mol. The molecule has 4 nitrogen and oxygen atoms in total. The molecule has 2 rings (SSSR count). The van der Waals surface area contributed by atoms with E-state index in [0.29, 0.717) is 16.2 Å². The summed E-state index contributed by atoms with van der Waals surface area (Å²) >= 11 is 1.24. The number of carbonyl (C=O) groups excluding carboxylic acids is 2. The van der Waals surface area contributed by atoms with Crippen LogP contribution in [0, 0.1) is 12.3 Å². The Kier molecular flexibility index (Phi) is 5.20. The molecule has 0 fully saturated rings. The predicted molar refractivity (Wildman–Crippen MR) is 91.0 cm³/mol. The number of carbonyl (C=O) groups is 2. The van der Waals surface area contributed by atoms with Gasteiger partial charge in [0.15, 0.2) is 12.4 Å². The number of terminal acetylenes is 1. The van der Waals surface area contributed by atoms with E-state index in [9.17, 15) is 9.59 Å². The largest absolute Gasteiger partial charge is 0.484 e. The topological polar surface area (TPSA) is 55.4 Å². The molecule has 2 aromatic rings. The van der Waals surface area contributed by atoms with E-state index in [-0.39, 0.29) is 18.3 Å². The quantitative estimate of drug-likeness (QED) is 0.655. The number of ketones is 1. The number of hydrogen-bond acceptors (Lipinski definition) is 4. The van der Waals surface area contributed by atoms with Gasteiger partial charge in [-0.15, -0.1) is 17.8 Å². The minimum absolute atomic E-state index is 0.125. The van der Waals surface area contributed by atoms with Gasteiger partial charge < -0.3 is 10.1 Å². The van der Waals surface area contributed by atoms with Crippen LogP contribution >= 0.6 is 11.3 Å². The van der Waals surface area contributed by atoms with E-state index in [1.54, 1.807) is 49.6 Å². The second kappa shape index (κ2) is 7.12. The molecular formula is C18H17NO3S. The zero-order valence-corrected chi connectivity index (χ0v) is 13.8. The number of rotatable bonds is 6. The molecule has 1 N–H and O–H groups in total. The summed E-state index contributed by atoms with van der Waals surface area (Å²) in [5.41, 5.74) is -0.180. The standard InChI is InChI=1S/C18H17NO3S/c1-4-18(2,3)19-17(21)16-15(10-11-23-16)22-12-14(20)13-8-6-5-7-9-13/h1,5-11H,12H2,2-3H3,(H,19,21). The Bertz CT molecular complexity index is 741. The lowest BCUT2D eigenvalue weighted by Gasteiger charge is -2.19. The zero-order valence-electron chi connectivity index (χ0n) is 13.0. The number of hydrogen-bond donors (Lipinski definition) is 1. The first-order valence-electron chi connectivity index (χ1n) is 7.02. The summed E-state index contributed by atoms with van der Waals surface area (Å²) in [5, 5.41) is 4.47. The average Bonchev–Trinajstić information content (AvgIpc) is 3.01. The maximum Gasteiger partial charge on any atom is 0.266 e. The van der Waals surface area contributed by atoms with Crippen LogP contribution in [0.5, 0.6) is 5.75 Å². The molecule has 0 spiro atoms. The van der Waals surface area contributed by atoms with Gasteiger partial charge in [-0.25, -0.2) is 0 Å². The highest BCUT2D eigenvalue weighted by Crippen LogP contribution is 2.25. The lowest BCUT2D eigenvalue weighted by Crippen LogP contribution is -2.41. The van der Waals surface area contributed by atoms with Crippen LogP contribution < -0.4 is 10.1 Å². The lowest BCUT2D eigenvalue weighted by atomic mass is 10.1. The number of benzene rings is 1. The minimum atomic E-state index is -0.752. The molecule has 0 aliphatic heterocycles. The van der Waals surface area contributed by atoms with Crippen molar-refractivity contribution in [2.24, 2.45) is 0 Å². The summed E-state index contributed by atoms with van der Waals surface area (Å²) < 4.78 is 5.51. The van der Waals surface area contributed by atoms with E-state index in [4.69, 9.17) is 11.2 Å². The van der Waals surface area contributed by atoms with Crippen molar-refractivity contribution in [2.75, 3.05) is 6.61 Å².